The summed E-state index contributed by atoms with van der Waals surface area (Å²) in [5.74, 6) is -0.388. The van der Waals surface area contributed by atoms with Crippen molar-refractivity contribution < 1.29 is 27.9 Å². The standard InChI is InChI=1S/C16H17F3N4O3S/c1-20-14(24)9-7-27-13-10(16(17,18)19)6-11(22-12(9)13)23-4-2-8(3-5-23)21-15(25)26/h6-8,21H,2-5H2,1H3,(H,20,24)(H,25,26)/p-1. The third kappa shape index (κ3) is 3.92. The molecular weight excluding hydrogens is 385 g/mol. The molecule has 0 bridgehead atoms. The number of aromatic nitrogens is 1. The quantitative estimate of drug-likeness (QED) is 0.814. The Hall–Kier alpha value is -2.56. The number of nitrogens with zero attached hydrogens (tertiary/aromatic N) is 2. The molecule has 1 saturated heterocycles. The number of carboxylic acid groups (broad SMARTS) is 1. The molecule has 2 amide bonds. The Morgan fingerprint density at radius 1 is 1.33 bits per heavy atom. The minimum Gasteiger partial charge on any atom is -0.530 e. The van der Waals surface area contributed by atoms with Gasteiger partial charge in [-0.3, -0.25) is 4.79 Å². The maximum atomic E-state index is 13.5. The number of pyridine rings is 1. The highest BCUT2D eigenvalue weighted by molar-refractivity contribution is 7.17. The van der Waals surface area contributed by atoms with Crippen LogP contribution in [0.15, 0.2) is 11.4 Å². The van der Waals surface area contributed by atoms with Crippen molar-refractivity contribution in [3.63, 3.8) is 0 Å². The van der Waals surface area contributed by atoms with Gasteiger partial charge >= 0.3 is 6.18 Å². The molecular formula is C16H16F3N4O3S-. The van der Waals surface area contributed by atoms with Gasteiger partial charge in [-0.05, 0) is 18.9 Å². The molecule has 1 aliphatic rings. The van der Waals surface area contributed by atoms with Crippen molar-refractivity contribution in [1.29, 1.82) is 0 Å². The molecule has 2 aromatic heterocycles. The van der Waals surface area contributed by atoms with Gasteiger partial charge < -0.3 is 25.4 Å². The lowest BCUT2D eigenvalue weighted by Crippen LogP contribution is -2.49. The Labute approximate surface area is 156 Å². The summed E-state index contributed by atoms with van der Waals surface area (Å²) in [6, 6.07) is 0.679. The fourth-order valence-corrected chi connectivity index (χ4v) is 4.11. The number of fused-ring (bicyclic) bond motifs is 1. The first-order valence-electron chi connectivity index (χ1n) is 8.14. The Balaban J connectivity index is 1.98. The highest BCUT2D eigenvalue weighted by Gasteiger charge is 2.36. The van der Waals surface area contributed by atoms with Crippen LogP contribution in [0, 0.1) is 0 Å². The van der Waals surface area contributed by atoms with Crippen molar-refractivity contribution in [2.45, 2.75) is 25.1 Å². The molecule has 2 aromatic rings. The van der Waals surface area contributed by atoms with Crippen molar-refractivity contribution in [2.75, 3.05) is 25.0 Å². The van der Waals surface area contributed by atoms with Gasteiger partial charge in [0.2, 0.25) is 0 Å². The first-order valence-corrected chi connectivity index (χ1v) is 9.02. The molecule has 0 atom stereocenters. The third-order valence-corrected chi connectivity index (χ3v) is 5.43. The molecule has 0 unspecified atom stereocenters. The number of thiophene rings is 1. The zero-order chi connectivity index (χ0) is 19.8. The number of carbonyl (C=O) groups excluding carboxylic acids is 2. The van der Waals surface area contributed by atoms with E-state index < -0.39 is 23.7 Å². The van der Waals surface area contributed by atoms with E-state index in [4.69, 9.17) is 0 Å². The summed E-state index contributed by atoms with van der Waals surface area (Å²) < 4.78 is 40.5. The van der Waals surface area contributed by atoms with E-state index in [-0.39, 0.29) is 27.6 Å². The van der Waals surface area contributed by atoms with Gasteiger partial charge in [0, 0.05) is 31.6 Å². The van der Waals surface area contributed by atoms with E-state index in [0.717, 1.165) is 17.4 Å². The molecule has 3 rings (SSSR count). The molecule has 0 radical (unpaired) electrons. The third-order valence-electron chi connectivity index (χ3n) is 4.43. The zero-order valence-electron chi connectivity index (χ0n) is 14.2. The Bertz CT molecular complexity index is 876. The van der Waals surface area contributed by atoms with Crippen LogP contribution in [0.2, 0.25) is 0 Å². The molecule has 1 fully saturated rings. The number of amides is 2. The van der Waals surface area contributed by atoms with Gasteiger partial charge in [0.25, 0.3) is 5.91 Å². The molecule has 2 N–H and O–H groups in total. The summed E-state index contributed by atoms with van der Waals surface area (Å²) in [7, 11) is 1.40. The SMILES string of the molecule is CNC(=O)c1csc2c(C(F)(F)F)cc(N3CCC(NC(=O)[O-])CC3)nc12. The van der Waals surface area contributed by atoms with E-state index in [1.807, 2.05) is 0 Å². The van der Waals surface area contributed by atoms with E-state index >= 15 is 0 Å². The van der Waals surface area contributed by atoms with Crippen LogP contribution in [0.3, 0.4) is 0 Å². The monoisotopic (exact) mass is 401 g/mol. The molecule has 0 spiro atoms. The highest BCUT2D eigenvalue weighted by Crippen LogP contribution is 2.40. The van der Waals surface area contributed by atoms with Crippen LogP contribution in [-0.4, -0.2) is 43.2 Å². The Morgan fingerprint density at radius 3 is 2.56 bits per heavy atom. The number of nitrogens with one attached hydrogen (secondary N) is 2. The number of carbonyl (C=O) groups is 2. The topological polar surface area (TPSA) is 97.4 Å². The molecule has 0 aliphatic carbocycles. The largest absolute Gasteiger partial charge is 0.530 e. The van der Waals surface area contributed by atoms with Gasteiger partial charge in [0.15, 0.2) is 0 Å². The second-order valence-electron chi connectivity index (χ2n) is 6.13. The number of anilines is 1. The van der Waals surface area contributed by atoms with Crippen molar-refractivity contribution in [3.8, 4) is 0 Å². The molecule has 7 nitrogen and oxygen atoms in total. The van der Waals surface area contributed by atoms with Crippen LogP contribution >= 0.6 is 11.3 Å². The Morgan fingerprint density at radius 2 is 2.00 bits per heavy atom. The molecule has 146 valence electrons. The van der Waals surface area contributed by atoms with Gasteiger partial charge in [-0.2, -0.15) is 13.2 Å². The lowest BCUT2D eigenvalue weighted by atomic mass is 10.0. The summed E-state index contributed by atoms with van der Waals surface area (Å²) in [5.41, 5.74) is -0.727. The van der Waals surface area contributed by atoms with Crippen molar-refractivity contribution in [3.05, 3.63) is 22.6 Å². The average molecular weight is 401 g/mol. The van der Waals surface area contributed by atoms with E-state index in [1.54, 1.807) is 4.90 Å². The van der Waals surface area contributed by atoms with Gasteiger partial charge in [-0.1, -0.05) is 0 Å². The lowest BCUT2D eigenvalue weighted by Gasteiger charge is -2.34. The maximum absolute atomic E-state index is 13.5. The van der Waals surface area contributed by atoms with Crippen molar-refractivity contribution in [2.24, 2.45) is 0 Å². The summed E-state index contributed by atoms with van der Waals surface area (Å²) >= 11 is 0.830. The fraction of sp³-hybridized carbons (Fsp3) is 0.438. The van der Waals surface area contributed by atoms with Crippen LogP contribution in [0.1, 0.15) is 28.8 Å². The van der Waals surface area contributed by atoms with E-state index in [9.17, 15) is 27.9 Å². The van der Waals surface area contributed by atoms with Gasteiger partial charge in [-0.15, -0.1) is 11.3 Å². The number of rotatable bonds is 3. The zero-order valence-corrected chi connectivity index (χ0v) is 15.0. The first-order chi connectivity index (χ1) is 12.7. The number of halogens is 3. The van der Waals surface area contributed by atoms with Crippen LogP contribution in [-0.2, 0) is 6.18 Å². The average Bonchev–Trinajstić information content (AvgIpc) is 3.03. The van der Waals surface area contributed by atoms with Crippen LogP contribution in [0.4, 0.5) is 23.8 Å². The maximum Gasteiger partial charge on any atom is 0.417 e. The first kappa shape index (κ1) is 19.2. The minimum atomic E-state index is -4.59. The Kier molecular flexibility index (Phi) is 5.13. The second kappa shape index (κ2) is 7.22. The van der Waals surface area contributed by atoms with E-state index in [2.05, 4.69) is 15.6 Å². The van der Waals surface area contributed by atoms with Crippen molar-refractivity contribution >= 4 is 39.4 Å². The summed E-state index contributed by atoms with van der Waals surface area (Å²) in [6.07, 6.45) is -5.13. The number of piperidine rings is 1. The molecule has 0 saturated carbocycles. The van der Waals surface area contributed by atoms with Gasteiger partial charge in [0.1, 0.15) is 11.9 Å². The molecule has 27 heavy (non-hydrogen) atoms. The van der Waals surface area contributed by atoms with Gasteiger partial charge in [0.05, 0.1) is 21.3 Å². The lowest BCUT2D eigenvalue weighted by molar-refractivity contribution is -0.251. The summed E-state index contributed by atoms with van der Waals surface area (Å²) in [6.45, 7) is 0.667. The predicted molar refractivity (Wildman–Crippen MR) is 91.8 cm³/mol. The van der Waals surface area contributed by atoms with Crippen molar-refractivity contribution in [1.82, 2.24) is 15.6 Å². The molecule has 3 heterocycles. The molecule has 1 aliphatic heterocycles. The van der Waals surface area contributed by atoms with Crippen LogP contribution in [0.5, 0.6) is 0 Å². The minimum absolute atomic E-state index is 0.0131. The van der Waals surface area contributed by atoms with Crippen LogP contribution < -0.4 is 20.6 Å². The number of hydrogen-bond donors (Lipinski definition) is 2. The predicted octanol–water partition coefficient (Wildman–Crippen LogP) is 1.58. The summed E-state index contributed by atoms with van der Waals surface area (Å²) in [5, 5.41) is 16.7. The number of alkyl halides is 3. The summed E-state index contributed by atoms with van der Waals surface area (Å²) in [4.78, 5) is 28.6. The normalized spacial score (nSPS) is 15.8. The van der Waals surface area contributed by atoms with Crippen LogP contribution in [0.25, 0.3) is 10.2 Å². The highest BCUT2D eigenvalue weighted by atomic mass is 32.1. The molecule has 0 aromatic carbocycles. The second-order valence-corrected chi connectivity index (χ2v) is 7.00. The smallest absolute Gasteiger partial charge is 0.417 e. The van der Waals surface area contributed by atoms with E-state index in [0.29, 0.717) is 25.9 Å². The fourth-order valence-electron chi connectivity index (χ4n) is 3.08. The van der Waals surface area contributed by atoms with E-state index in [1.165, 1.54) is 12.4 Å². The number of hydrogen-bond acceptors (Lipinski definition) is 6. The van der Waals surface area contributed by atoms with Gasteiger partial charge in [-0.25, -0.2) is 4.98 Å². The molecule has 11 heteroatoms.